The lowest BCUT2D eigenvalue weighted by molar-refractivity contribution is 0.0889. The van der Waals surface area contributed by atoms with E-state index in [-0.39, 0.29) is 11.9 Å². The Balaban J connectivity index is 2.13. The van der Waals surface area contributed by atoms with E-state index in [0.717, 1.165) is 32.4 Å². The number of nitrogens with zero attached hydrogens (tertiary/aromatic N) is 3. The van der Waals surface area contributed by atoms with Crippen LogP contribution in [0.2, 0.25) is 0 Å². The minimum atomic E-state index is -0.376. The summed E-state index contributed by atoms with van der Waals surface area (Å²) in [5.74, 6) is 0.479. The molecule has 0 aliphatic carbocycles. The Morgan fingerprint density at radius 3 is 3.16 bits per heavy atom. The molecule has 1 aromatic rings. The summed E-state index contributed by atoms with van der Waals surface area (Å²) in [6.45, 7) is 4.33. The van der Waals surface area contributed by atoms with Crippen molar-refractivity contribution in [2.24, 2.45) is 0 Å². The van der Waals surface area contributed by atoms with Gasteiger partial charge in [-0.05, 0) is 19.3 Å². The summed E-state index contributed by atoms with van der Waals surface area (Å²) in [4.78, 5) is 10.2. The van der Waals surface area contributed by atoms with Crippen LogP contribution in [0.5, 0.6) is 0 Å². The Morgan fingerprint density at radius 2 is 2.42 bits per heavy atom. The third-order valence-corrected chi connectivity index (χ3v) is 3.27. The van der Waals surface area contributed by atoms with Gasteiger partial charge in [-0.3, -0.25) is 0 Å². The number of ether oxygens (including phenoxy) is 1. The van der Waals surface area contributed by atoms with Gasteiger partial charge in [-0.25, -0.2) is 9.37 Å². The summed E-state index contributed by atoms with van der Waals surface area (Å²) < 4.78 is 19.2. The van der Waals surface area contributed by atoms with Crippen LogP contribution in [0.4, 0.5) is 16.2 Å². The van der Waals surface area contributed by atoms with Gasteiger partial charge in [-0.1, -0.05) is 6.92 Å². The fraction of sp³-hybridized carbons (Fsp3) is 0.692. The fourth-order valence-electron chi connectivity index (χ4n) is 2.22. The highest BCUT2D eigenvalue weighted by molar-refractivity contribution is 5.44. The molecule has 19 heavy (non-hydrogen) atoms. The van der Waals surface area contributed by atoms with Gasteiger partial charge in [0, 0.05) is 26.7 Å². The van der Waals surface area contributed by atoms with E-state index in [9.17, 15) is 4.39 Å². The summed E-state index contributed by atoms with van der Waals surface area (Å²) in [5, 5.41) is 3.08. The Morgan fingerprint density at radius 1 is 1.58 bits per heavy atom. The molecule has 0 saturated carbocycles. The maximum absolute atomic E-state index is 13.9. The van der Waals surface area contributed by atoms with Gasteiger partial charge < -0.3 is 15.0 Å². The minimum Gasteiger partial charge on any atom is -0.380 e. The van der Waals surface area contributed by atoms with E-state index in [1.165, 1.54) is 6.20 Å². The number of aromatic nitrogens is 2. The standard InChI is InChI=1S/C13H21FN4O/c1-3-6-15-13-16-8-11(14)12(17-13)18-7-4-5-10(9-18)19-2/h8,10H,3-7,9H2,1-2H3,(H,15,16,17). The second-order valence-corrected chi connectivity index (χ2v) is 4.74. The van der Waals surface area contributed by atoms with Gasteiger partial charge in [-0.2, -0.15) is 4.98 Å². The van der Waals surface area contributed by atoms with Gasteiger partial charge in [0.1, 0.15) is 0 Å². The number of anilines is 2. The molecule has 1 N–H and O–H groups in total. The van der Waals surface area contributed by atoms with Gasteiger partial charge in [0.05, 0.1) is 12.3 Å². The van der Waals surface area contributed by atoms with Gasteiger partial charge in [0.25, 0.3) is 0 Å². The molecule has 1 unspecified atom stereocenters. The smallest absolute Gasteiger partial charge is 0.224 e. The molecule has 2 heterocycles. The molecule has 2 rings (SSSR count). The molecule has 106 valence electrons. The van der Waals surface area contributed by atoms with Gasteiger partial charge >= 0.3 is 0 Å². The molecule has 0 aromatic carbocycles. The number of halogens is 1. The Bertz CT molecular complexity index is 416. The van der Waals surface area contributed by atoms with Crippen molar-refractivity contribution in [2.75, 3.05) is 37.0 Å². The number of methoxy groups -OCH3 is 1. The molecule has 1 aliphatic heterocycles. The summed E-state index contributed by atoms with van der Waals surface area (Å²) in [6.07, 6.45) is 4.36. The normalized spacial score (nSPS) is 19.5. The lowest BCUT2D eigenvalue weighted by Gasteiger charge is -2.32. The Labute approximate surface area is 113 Å². The first-order chi connectivity index (χ1) is 9.24. The number of hydrogen-bond donors (Lipinski definition) is 1. The quantitative estimate of drug-likeness (QED) is 0.885. The predicted octanol–water partition coefficient (Wildman–Crippen LogP) is 2.05. The van der Waals surface area contributed by atoms with Crippen LogP contribution in [-0.2, 0) is 4.74 Å². The average Bonchev–Trinajstić information content (AvgIpc) is 2.46. The van der Waals surface area contributed by atoms with Crippen molar-refractivity contribution >= 4 is 11.8 Å². The summed E-state index contributed by atoms with van der Waals surface area (Å²) in [5.41, 5.74) is 0. The second-order valence-electron chi connectivity index (χ2n) is 4.74. The van der Waals surface area contributed by atoms with Crippen molar-refractivity contribution in [1.82, 2.24) is 9.97 Å². The van der Waals surface area contributed by atoms with E-state index in [1.807, 2.05) is 4.90 Å². The first-order valence-corrected chi connectivity index (χ1v) is 6.78. The molecular formula is C13H21FN4O. The average molecular weight is 268 g/mol. The minimum absolute atomic E-state index is 0.148. The molecule has 1 aliphatic rings. The van der Waals surface area contributed by atoms with E-state index in [0.29, 0.717) is 18.3 Å². The van der Waals surface area contributed by atoms with Crippen LogP contribution in [0, 0.1) is 5.82 Å². The van der Waals surface area contributed by atoms with Crippen molar-refractivity contribution < 1.29 is 9.13 Å². The molecule has 5 nitrogen and oxygen atoms in total. The highest BCUT2D eigenvalue weighted by atomic mass is 19.1. The van der Waals surface area contributed by atoms with Crippen molar-refractivity contribution in [3.05, 3.63) is 12.0 Å². The van der Waals surface area contributed by atoms with E-state index in [1.54, 1.807) is 7.11 Å². The SMILES string of the molecule is CCCNc1ncc(F)c(N2CCCC(OC)C2)n1. The molecule has 0 amide bonds. The largest absolute Gasteiger partial charge is 0.380 e. The zero-order chi connectivity index (χ0) is 13.7. The van der Waals surface area contributed by atoms with Crippen LogP contribution >= 0.6 is 0 Å². The van der Waals surface area contributed by atoms with Crippen LogP contribution in [0.3, 0.4) is 0 Å². The summed E-state index contributed by atoms with van der Waals surface area (Å²) >= 11 is 0. The van der Waals surface area contributed by atoms with E-state index >= 15 is 0 Å². The highest BCUT2D eigenvalue weighted by Crippen LogP contribution is 2.22. The molecular weight excluding hydrogens is 247 g/mol. The van der Waals surface area contributed by atoms with Crippen molar-refractivity contribution in [3.63, 3.8) is 0 Å². The lowest BCUT2D eigenvalue weighted by Crippen LogP contribution is -2.40. The van der Waals surface area contributed by atoms with Crippen LogP contribution in [0.1, 0.15) is 26.2 Å². The van der Waals surface area contributed by atoms with Crippen LogP contribution < -0.4 is 10.2 Å². The van der Waals surface area contributed by atoms with E-state index < -0.39 is 0 Å². The van der Waals surface area contributed by atoms with E-state index in [2.05, 4.69) is 22.2 Å². The zero-order valence-corrected chi connectivity index (χ0v) is 11.5. The van der Waals surface area contributed by atoms with Crippen molar-refractivity contribution in [2.45, 2.75) is 32.3 Å². The van der Waals surface area contributed by atoms with Crippen LogP contribution in [-0.4, -0.2) is 42.8 Å². The van der Waals surface area contributed by atoms with Crippen molar-refractivity contribution in [1.29, 1.82) is 0 Å². The maximum Gasteiger partial charge on any atom is 0.224 e. The molecule has 0 radical (unpaired) electrons. The number of nitrogens with one attached hydrogen (secondary N) is 1. The topological polar surface area (TPSA) is 50.3 Å². The first-order valence-electron chi connectivity index (χ1n) is 6.78. The number of hydrogen-bond acceptors (Lipinski definition) is 5. The highest BCUT2D eigenvalue weighted by Gasteiger charge is 2.23. The van der Waals surface area contributed by atoms with E-state index in [4.69, 9.17) is 4.74 Å². The van der Waals surface area contributed by atoms with Gasteiger partial charge in [-0.15, -0.1) is 0 Å². The Kier molecular flexibility index (Phi) is 4.90. The maximum atomic E-state index is 13.9. The summed E-state index contributed by atoms with van der Waals surface area (Å²) in [6, 6.07) is 0. The third kappa shape index (κ3) is 3.53. The second kappa shape index (κ2) is 6.65. The number of piperidine rings is 1. The van der Waals surface area contributed by atoms with Crippen LogP contribution in [0.25, 0.3) is 0 Å². The molecule has 1 fully saturated rings. The third-order valence-electron chi connectivity index (χ3n) is 3.27. The first kappa shape index (κ1) is 14.0. The predicted molar refractivity (Wildman–Crippen MR) is 73.0 cm³/mol. The fourth-order valence-corrected chi connectivity index (χ4v) is 2.22. The monoisotopic (exact) mass is 268 g/mol. The molecule has 6 heteroatoms. The van der Waals surface area contributed by atoms with Crippen molar-refractivity contribution in [3.8, 4) is 0 Å². The van der Waals surface area contributed by atoms with Crippen LogP contribution in [0.15, 0.2) is 6.20 Å². The number of rotatable bonds is 5. The molecule has 0 spiro atoms. The lowest BCUT2D eigenvalue weighted by atomic mass is 10.1. The Hall–Kier alpha value is -1.43. The molecule has 1 saturated heterocycles. The molecule has 1 aromatic heterocycles. The molecule has 0 bridgehead atoms. The summed E-state index contributed by atoms with van der Waals surface area (Å²) in [7, 11) is 1.69. The molecule has 1 atom stereocenters. The zero-order valence-electron chi connectivity index (χ0n) is 11.5. The van der Waals surface area contributed by atoms with Gasteiger partial charge in [0.15, 0.2) is 11.6 Å². The van der Waals surface area contributed by atoms with Gasteiger partial charge in [0.2, 0.25) is 5.95 Å².